The van der Waals surface area contributed by atoms with Crippen molar-refractivity contribution in [2.45, 2.75) is 45.7 Å². The SMILES string of the molecule is CCOc1ccccc1C(C)NC(C)CN1CCCC1. The van der Waals surface area contributed by atoms with Gasteiger partial charge in [0, 0.05) is 24.2 Å². The van der Waals surface area contributed by atoms with Crippen LogP contribution in [-0.4, -0.2) is 37.2 Å². The van der Waals surface area contributed by atoms with Crippen molar-refractivity contribution in [1.29, 1.82) is 0 Å². The minimum Gasteiger partial charge on any atom is -0.494 e. The van der Waals surface area contributed by atoms with E-state index in [-0.39, 0.29) is 0 Å². The Hall–Kier alpha value is -1.06. The summed E-state index contributed by atoms with van der Waals surface area (Å²) < 4.78 is 5.72. The van der Waals surface area contributed by atoms with E-state index in [1.807, 2.05) is 13.0 Å². The van der Waals surface area contributed by atoms with Crippen LogP contribution in [0.4, 0.5) is 0 Å². The highest BCUT2D eigenvalue weighted by Crippen LogP contribution is 2.25. The Kier molecular flexibility index (Phi) is 5.86. The van der Waals surface area contributed by atoms with Crippen LogP contribution in [0.15, 0.2) is 24.3 Å². The van der Waals surface area contributed by atoms with E-state index in [4.69, 9.17) is 4.74 Å². The lowest BCUT2D eigenvalue weighted by Crippen LogP contribution is -2.39. The van der Waals surface area contributed by atoms with Crippen molar-refractivity contribution in [3.05, 3.63) is 29.8 Å². The minimum atomic E-state index is 0.315. The summed E-state index contributed by atoms with van der Waals surface area (Å²) >= 11 is 0. The number of nitrogens with one attached hydrogen (secondary N) is 1. The fourth-order valence-corrected chi connectivity index (χ4v) is 3.05. The van der Waals surface area contributed by atoms with Gasteiger partial charge in [0.15, 0.2) is 0 Å². The highest BCUT2D eigenvalue weighted by Gasteiger charge is 2.17. The second kappa shape index (κ2) is 7.65. The fraction of sp³-hybridized carbons (Fsp3) is 0.647. The number of nitrogens with zero attached hydrogens (tertiary/aromatic N) is 1. The predicted octanol–water partition coefficient (Wildman–Crippen LogP) is 3.22. The molecule has 1 aromatic rings. The molecule has 2 rings (SSSR count). The molecular weight excluding hydrogens is 248 g/mol. The molecule has 112 valence electrons. The second-order valence-corrected chi connectivity index (χ2v) is 5.77. The van der Waals surface area contributed by atoms with Crippen LogP contribution in [0.2, 0.25) is 0 Å². The molecule has 1 fully saturated rings. The van der Waals surface area contributed by atoms with Crippen molar-refractivity contribution < 1.29 is 4.74 Å². The van der Waals surface area contributed by atoms with Crippen LogP contribution >= 0.6 is 0 Å². The molecule has 0 saturated carbocycles. The van der Waals surface area contributed by atoms with E-state index in [0.29, 0.717) is 18.7 Å². The zero-order valence-corrected chi connectivity index (χ0v) is 13.1. The van der Waals surface area contributed by atoms with Crippen LogP contribution < -0.4 is 10.1 Å². The average molecular weight is 276 g/mol. The van der Waals surface area contributed by atoms with Crippen molar-refractivity contribution in [1.82, 2.24) is 10.2 Å². The summed E-state index contributed by atoms with van der Waals surface area (Å²) in [4.78, 5) is 2.55. The standard InChI is InChI=1S/C17H28N2O/c1-4-20-17-10-6-5-9-16(17)15(3)18-14(2)13-19-11-7-8-12-19/h5-6,9-10,14-15,18H,4,7-8,11-13H2,1-3H3. The van der Waals surface area contributed by atoms with Crippen molar-refractivity contribution >= 4 is 0 Å². The molecule has 0 aliphatic carbocycles. The molecule has 1 aromatic carbocycles. The molecule has 1 aliphatic heterocycles. The Balaban J connectivity index is 1.91. The molecular formula is C17H28N2O. The quantitative estimate of drug-likeness (QED) is 0.827. The molecule has 2 atom stereocenters. The van der Waals surface area contributed by atoms with Gasteiger partial charge in [-0.05, 0) is 52.8 Å². The average Bonchev–Trinajstić information content (AvgIpc) is 2.92. The predicted molar refractivity (Wildman–Crippen MR) is 84.3 cm³/mol. The highest BCUT2D eigenvalue weighted by molar-refractivity contribution is 5.35. The first kappa shape index (κ1) is 15.3. The Morgan fingerprint density at radius 1 is 1.20 bits per heavy atom. The number of benzene rings is 1. The van der Waals surface area contributed by atoms with Crippen LogP contribution in [0.25, 0.3) is 0 Å². The normalized spacial score (nSPS) is 18.9. The maximum absolute atomic E-state index is 5.72. The summed E-state index contributed by atoms with van der Waals surface area (Å²) in [6.07, 6.45) is 2.71. The Labute approximate surface area is 123 Å². The monoisotopic (exact) mass is 276 g/mol. The van der Waals surface area contributed by atoms with Gasteiger partial charge in [-0.1, -0.05) is 18.2 Å². The van der Waals surface area contributed by atoms with E-state index >= 15 is 0 Å². The first-order chi connectivity index (χ1) is 9.70. The molecule has 3 heteroatoms. The molecule has 0 spiro atoms. The lowest BCUT2D eigenvalue weighted by Gasteiger charge is -2.25. The first-order valence-electron chi connectivity index (χ1n) is 7.90. The van der Waals surface area contributed by atoms with Crippen LogP contribution in [0.5, 0.6) is 5.75 Å². The molecule has 1 N–H and O–H groups in total. The summed E-state index contributed by atoms with van der Waals surface area (Å²) in [5.41, 5.74) is 1.25. The Morgan fingerprint density at radius 3 is 2.60 bits per heavy atom. The van der Waals surface area contributed by atoms with E-state index in [1.54, 1.807) is 0 Å². The fourth-order valence-electron chi connectivity index (χ4n) is 3.05. The van der Waals surface area contributed by atoms with Gasteiger partial charge in [0.25, 0.3) is 0 Å². The molecule has 0 amide bonds. The Bertz CT molecular complexity index is 402. The minimum absolute atomic E-state index is 0.315. The van der Waals surface area contributed by atoms with Crippen molar-refractivity contribution in [3.63, 3.8) is 0 Å². The molecule has 1 aliphatic rings. The molecule has 2 unspecified atom stereocenters. The van der Waals surface area contributed by atoms with Gasteiger partial charge in [-0.3, -0.25) is 0 Å². The maximum Gasteiger partial charge on any atom is 0.124 e. The number of likely N-dealkylation sites (tertiary alicyclic amines) is 1. The summed E-state index contributed by atoms with van der Waals surface area (Å²) in [5, 5.41) is 3.70. The highest BCUT2D eigenvalue weighted by atomic mass is 16.5. The van der Waals surface area contributed by atoms with E-state index in [9.17, 15) is 0 Å². The number of hydrogen-bond acceptors (Lipinski definition) is 3. The molecule has 1 heterocycles. The Morgan fingerprint density at radius 2 is 1.90 bits per heavy atom. The number of rotatable bonds is 7. The van der Waals surface area contributed by atoms with Crippen molar-refractivity contribution in [3.8, 4) is 5.75 Å². The van der Waals surface area contributed by atoms with E-state index in [1.165, 1.54) is 31.5 Å². The molecule has 20 heavy (non-hydrogen) atoms. The van der Waals surface area contributed by atoms with Gasteiger partial charge in [-0.2, -0.15) is 0 Å². The van der Waals surface area contributed by atoms with Gasteiger partial charge in [-0.15, -0.1) is 0 Å². The van der Waals surface area contributed by atoms with Gasteiger partial charge in [-0.25, -0.2) is 0 Å². The summed E-state index contributed by atoms with van der Waals surface area (Å²) in [5.74, 6) is 1.00. The summed E-state index contributed by atoms with van der Waals surface area (Å²) in [7, 11) is 0. The van der Waals surface area contributed by atoms with Crippen LogP contribution in [0.1, 0.15) is 45.2 Å². The van der Waals surface area contributed by atoms with Gasteiger partial charge in [0.1, 0.15) is 5.75 Å². The summed E-state index contributed by atoms with van der Waals surface area (Å²) in [6.45, 7) is 10.9. The van der Waals surface area contributed by atoms with Gasteiger partial charge >= 0.3 is 0 Å². The lowest BCUT2D eigenvalue weighted by molar-refractivity contribution is 0.285. The van der Waals surface area contributed by atoms with Gasteiger partial charge < -0.3 is 15.0 Å². The zero-order valence-electron chi connectivity index (χ0n) is 13.1. The van der Waals surface area contributed by atoms with E-state index < -0.39 is 0 Å². The maximum atomic E-state index is 5.72. The van der Waals surface area contributed by atoms with E-state index in [0.717, 1.165) is 12.3 Å². The number of hydrogen-bond donors (Lipinski definition) is 1. The molecule has 3 nitrogen and oxygen atoms in total. The van der Waals surface area contributed by atoms with E-state index in [2.05, 4.69) is 42.3 Å². The van der Waals surface area contributed by atoms with Crippen molar-refractivity contribution in [2.24, 2.45) is 0 Å². The third kappa shape index (κ3) is 4.22. The molecule has 0 bridgehead atoms. The van der Waals surface area contributed by atoms with Crippen molar-refractivity contribution in [2.75, 3.05) is 26.2 Å². The third-order valence-corrected chi connectivity index (χ3v) is 3.95. The summed E-state index contributed by atoms with van der Waals surface area (Å²) in [6, 6.07) is 9.15. The smallest absolute Gasteiger partial charge is 0.124 e. The second-order valence-electron chi connectivity index (χ2n) is 5.77. The largest absolute Gasteiger partial charge is 0.494 e. The van der Waals surface area contributed by atoms with Crippen LogP contribution in [0, 0.1) is 0 Å². The topological polar surface area (TPSA) is 24.5 Å². The van der Waals surface area contributed by atoms with Crippen LogP contribution in [0.3, 0.4) is 0 Å². The van der Waals surface area contributed by atoms with Crippen LogP contribution in [-0.2, 0) is 0 Å². The molecule has 0 aromatic heterocycles. The molecule has 0 radical (unpaired) electrons. The number of ether oxygens (including phenoxy) is 1. The zero-order chi connectivity index (χ0) is 14.4. The third-order valence-electron chi connectivity index (χ3n) is 3.95. The van der Waals surface area contributed by atoms with Gasteiger partial charge in [0.2, 0.25) is 0 Å². The van der Waals surface area contributed by atoms with Gasteiger partial charge in [0.05, 0.1) is 6.61 Å². The molecule has 1 saturated heterocycles. The lowest BCUT2D eigenvalue weighted by atomic mass is 10.1. The first-order valence-corrected chi connectivity index (χ1v) is 7.90. The number of para-hydroxylation sites is 1.